The van der Waals surface area contributed by atoms with Gasteiger partial charge < -0.3 is 4.90 Å². The number of hydrogen-bond donors (Lipinski definition) is 1. The fraction of sp³-hybridized carbons (Fsp3) is 0.375. The fourth-order valence-corrected chi connectivity index (χ4v) is 4.49. The summed E-state index contributed by atoms with van der Waals surface area (Å²) >= 11 is 0. The first-order valence-electron chi connectivity index (χ1n) is 10.8. The molecule has 0 bridgehead atoms. The van der Waals surface area contributed by atoms with E-state index in [0.29, 0.717) is 18.2 Å². The number of carbonyl (C=O) groups excluding carboxylic acids is 1. The summed E-state index contributed by atoms with van der Waals surface area (Å²) in [5.41, 5.74) is 3.33. The molecule has 1 N–H and O–H groups in total. The average molecular weight is 420 g/mol. The van der Waals surface area contributed by atoms with Gasteiger partial charge in [0.25, 0.3) is 0 Å². The van der Waals surface area contributed by atoms with E-state index in [1.54, 1.807) is 16.7 Å². The molecule has 160 valence electrons. The Kier molecular flexibility index (Phi) is 4.96. The molecule has 0 radical (unpaired) electrons. The number of H-pyrrole nitrogens is 1. The van der Waals surface area contributed by atoms with Crippen molar-refractivity contribution in [3.05, 3.63) is 70.2 Å². The number of rotatable bonds is 5. The van der Waals surface area contributed by atoms with Crippen LogP contribution in [-0.2, 0) is 11.2 Å². The minimum atomic E-state index is -0.268. The lowest BCUT2D eigenvalue weighted by molar-refractivity contribution is -0.131. The number of carbonyl (C=O) groups is 1. The number of nitrogens with zero attached hydrogens (tertiary/aromatic N) is 3. The SMILES string of the molecule is Cc1cc(-c2ccc(F)cc2)ccc1-n1c(CC2CCN(C(=O)C3CC3)C2)n[nH]c1=O. The average Bonchev–Trinajstić information content (AvgIpc) is 3.41. The Labute approximate surface area is 179 Å². The monoisotopic (exact) mass is 420 g/mol. The van der Waals surface area contributed by atoms with E-state index in [9.17, 15) is 14.0 Å². The Hall–Kier alpha value is -3.22. The van der Waals surface area contributed by atoms with Crippen LogP contribution in [0, 0.1) is 24.6 Å². The summed E-state index contributed by atoms with van der Waals surface area (Å²) in [5.74, 6) is 1.25. The molecule has 31 heavy (non-hydrogen) atoms. The van der Waals surface area contributed by atoms with E-state index < -0.39 is 0 Å². The highest BCUT2D eigenvalue weighted by atomic mass is 19.1. The largest absolute Gasteiger partial charge is 0.347 e. The first-order valence-corrected chi connectivity index (χ1v) is 10.8. The Balaban J connectivity index is 1.37. The molecule has 6 nitrogen and oxygen atoms in total. The predicted octanol–water partition coefficient (Wildman–Crippen LogP) is 3.48. The first kappa shape index (κ1) is 19.7. The predicted molar refractivity (Wildman–Crippen MR) is 115 cm³/mol. The normalized spacial score (nSPS) is 18.5. The number of halogens is 1. The first-order chi connectivity index (χ1) is 15.0. The van der Waals surface area contributed by atoms with E-state index in [1.165, 1.54) is 12.1 Å². The summed E-state index contributed by atoms with van der Waals surface area (Å²) in [7, 11) is 0. The van der Waals surface area contributed by atoms with Gasteiger partial charge in [0.05, 0.1) is 5.69 Å². The summed E-state index contributed by atoms with van der Waals surface area (Å²) in [6, 6.07) is 12.2. The molecule has 2 heterocycles. The van der Waals surface area contributed by atoms with Gasteiger partial charge in [0.15, 0.2) is 0 Å². The molecular weight excluding hydrogens is 395 g/mol. The third-order valence-corrected chi connectivity index (χ3v) is 6.35. The molecule has 1 aromatic heterocycles. The highest BCUT2D eigenvalue weighted by molar-refractivity contribution is 5.81. The molecule has 3 aromatic rings. The maximum Gasteiger partial charge on any atom is 0.347 e. The van der Waals surface area contributed by atoms with E-state index in [0.717, 1.165) is 54.7 Å². The van der Waals surface area contributed by atoms with Crippen molar-refractivity contribution >= 4 is 5.91 Å². The van der Waals surface area contributed by atoms with Crippen molar-refractivity contribution in [2.45, 2.75) is 32.6 Å². The molecule has 2 aliphatic rings. The molecule has 1 atom stereocenters. The van der Waals surface area contributed by atoms with Crippen LogP contribution in [0.15, 0.2) is 47.3 Å². The second-order valence-corrected chi connectivity index (χ2v) is 8.71. The number of aryl methyl sites for hydroxylation is 1. The standard InChI is InChI=1S/C24H25FN4O2/c1-15-12-19(17-4-7-20(25)8-5-17)6-9-21(15)29-22(26-27-24(29)31)13-16-10-11-28(14-16)23(30)18-2-3-18/h4-9,12,16,18H,2-3,10-11,13-14H2,1H3,(H,27,31). The van der Waals surface area contributed by atoms with E-state index in [2.05, 4.69) is 10.2 Å². The van der Waals surface area contributed by atoms with Crippen LogP contribution in [0.25, 0.3) is 16.8 Å². The minimum Gasteiger partial charge on any atom is -0.342 e. The molecule has 1 amide bonds. The summed E-state index contributed by atoms with van der Waals surface area (Å²) in [6.45, 7) is 3.48. The van der Waals surface area contributed by atoms with Crippen molar-refractivity contribution in [2.75, 3.05) is 13.1 Å². The number of aromatic nitrogens is 3. The van der Waals surface area contributed by atoms with Gasteiger partial charge in [0.1, 0.15) is 11.6 Å². The number of aromatic amines is 1. The molecule has 1 aliphatic carbocycles. The number of hydrogen-bond acceptors (Lipinski definition) is 3. The van der Waals surface area contributed by atoms with Crippen molar-refractivity contribution in [2.24, 2.45) is 11.8 Å². The topological polar surface area (TPSA) is 71.0 Å². The van der Waals surface area contributed by atoms with Crippen molar-refractivity contribution in [3.63, 3.8) is 0 Å². The number of amides is 1. The van der Waals surface area contributed by atoms with Crippen LogP contribution in [0.4, 0.5) is 4.39 Å². The van der Waals surface area contributed by atoms with E-state index in [-0.39, 0.29) is 23.3 Å². The van der Waals surface area contributed by atoms with Gasteiger partial charge in [-0.15, -0.1) is 0 Å². The smallest absolute Gasteiger partial charge is 0.342 e. The van der Waals surface area contributed by atoms with Gasteiger partial charge in [-0.05, 0) is 73.1 Å². The maximum absolute atomic E-state index is 13.2. The zero-order valence-corrected chi connectivity index (χ0v) is 17.5. The van der Waals surface area contributed by atoms with Crippen LogP contribution in [0.2, 0.25) is 0 Å². The van der Waals surface area contributed by atoms with Gasteiger partial charge in [-0.2, -0.15) is 5.10 Å². The zero-order valence-electron chi connectivity index (χ0n) is 17.5. The highest BCUT2D eigenvalue weighted by Crippen LogP contribution is 2.33. The molecule has 5 rings (SSSR count). The summed E-state index contributed by atoms with van der Waals surface area (Å²) in [6.07, 6.45) is 3.62. The minimum absolute atomic E-state index is 0.240. The van der Waals surface area contributed by atoms with Crippen molar-refractivity contribution in [1.82, 2.24) is 19.7 Å². The van der Waals surface area contributed by atoms with Crippen LogP contribution in [0.1, 0.15) is 30.7 Å². The van der Waals surface area contributed by atoms with Crippen LogP contribution >= 0.6 is 0 Å². The molecule has 7 heteroatoms. The van der Waals surface area contributed by atoms with Crippen LogP contribution in [0.5, 0.6) is 0 Å². The number of likely N-dealkylation sites (tertiary alicyclic amines) is 1. The quantitative estimate of drug-likeness (QED) is 0.687. The van der Waals surface area contributed by atoms with Crippen molar-refractivity contribution in [1.29, 1.82) is 0 Å². The lowest BCUT2D eigenvalue weighted by Crippen LogP contribution is -2.30. The molecule has 2 aromatic carbocycles. The van der Waals surface area contributed by atoms with Crippen LogP contribution in [-0.4, -0.2) is 38.7 Å². The summed E-state index contributed by atoms with van der Waals surface area (Å²) < 4.78 is 14.9. The van der Waals surface area contributed by atoms with Crippen molar-refractivity contribution in [3.8, 4) is 16.8 Å². The van der Waals surface area contributed by atoms with E-state index >= 15 is 0 Å². The molecule has 1 aliphatic heterocycles. The lowest BCUT2D eigenvalue weighted by atomic mass is 10.0. The van der Waals surface area contributed by atoms with Gasteiger partial charge >= 0.3 is 5.69 Å². The van der Waals surface area contributed by atoms with E-state index in [1.807, 2.05) is 30.0 Å². The Bertz CT molecular complexity index is 1180. The van der Waals surface area contributed by atoms with E-state index in [4.69, 9.17) is 0 Å². The zero-order chi connectivity index (χ0) is 21.5. The maximum atomic E-state index is 13.2. The Morgan fingerprint density at radius 2 is 1.87 bits per heavy atom. The van der Waals surface area contributed by atoms with Crippen LogP contribution in [0.3, 0.4) is 0 Å². The van der Waals surface area contributed by atoms with Gasteiger partial charge in [-0.25, -0.2) is 18.9 Å². The second-order valence-electron chi connectivity index (χ2n) is 8.71. The summed E-state index contributed by atoms with van der Waals surface area (Å²) in [4.78, 5) is 26.9. The lowest BCUT2D eigenvalue weighted by Gasteiger charge is -2.16. The molecule has 2 fully saturated rings. The molecule has 1 unspecified atom stereocenters. The van der Waals surface area contributed by atoms with Crippen molar-refractivity contribution < 1.29 is 9.18 Å². The molecule has 1 saturated heterocycles. The van der Waals surface area contributed by atoms with Crippen LogP contribution < -0.4 is 5.69 Å². The molecule has 0 spiro atoms. The third-order valence-electron chi connectivity index (χ3n) is 6.35. The Morgan fingerprint density at radius 3 is 2.58 bits per heavy atom. The number of nitrogens with one attached hydrogen (secondary N) is 1. The van der Waals surface area contributed by atoms with Gasteiger partial charge in [-0.1, -0.05) is 18.2 Å². The molecule has 1 saturated carbocycles. The highest BCUT2D eigenvalue weighted by Gasteiger charge is 2.37. The van der Waals surface area contributed by atoms with Gasteiger partial charge in [0, 0.05) is 25.4 Å². The summed E-state index contributed by atoms with van der Waals surface area (Å²) in [5, 5.41) is 6.87. The Morgan fingerprint density at radius 1 is 1.13 bits per heavy atom. The van der Waals surface area contributed by atoms with Gasteiger partial charge in [0.2, 0.25) is 5.91 Å². The third kappa shape index (κ3) is 3.92. The fourth-order valence-electron chi connectivity index (χ4n) is 4.49. The second kappa shape index (κ2) is 7.80. The molecular formula is C24H25FN4O2. The number of benzene rings is 2. The van der Waals surface area contributed by atoms with Gasteiger partial charge in [-0.3, -0.25) is 4.79 Å².